The molecule has 1 aromatic heterocycles. The van der Waals surface area contributed by atoms with Crippen molar-refractivity contribution in [2.45, 2.75) is 0 Å². The van der Waals surface area contributed by atoms with Gasteiger partial charge in [-0.15, -0.1) is 0 Å². The number of rotatable bonds is 2. The molecule has 0 amide bonds. The number of carbonyl (C=O) groups is 1. The highest BCUT2D eigenvalue weighted by molar-refractivity contribution is 5.87. The van der Waals surface area contributed by atoms with E-state index in [0.717, 1.165) is 5.56 Å². The highest BCUT2D eigenvalue weighted by atomic mass is 16.6. The van der Waals surface area contributed by atoms with E-state index in [1.165, 1.54) is 10.6 Å². The van der Waals surface area contributed by atoms with Crippen LogP contribution < -0.4 is 15.0 Å². The summed E-state index contributed by atoms with van der Waals surface area (Å²) in [6.07, 6.45) is 0. The van der Waals surface area contributed by atoms with Crippen LogP contribution in [0.5, 0.6) is 11.5 Å². The van der Waals surface area contributed by atoms with Gasteiger partial charge in [0, 0.05) is 12.6 Å². The lowest BCUT2D eigenvalue weighted by Gasteiger charge is -2.19. The Hall–Kier alpha value is -2.76. The fraction of sp³-hybridized carbons (Fsp3) is 0.200. The van der Waals surface area contributed by atoms with E-state index in [1.54, 1.807) is 25.2 Å². The van der Waals surface area contributed by atoms with Crippen LogP contribution in [0.4, 0.5) is 0 Å². The Labute approximate surface area is 120 Å². The first-order chi connectivity index (χ1) is 10.1. The van der Waals surface area contributed by atoms with Crippen molar-refractivity contribution in [3.8, 4) is 22.8 Å². The number of aromatic carboxylic acids is 1. The number of carboxylic acid groups (broad SMARTS) is 1. The summed E-state index contributed by atoms with van der Waals surface area (Å²) in [5.74, 6) is 0.0509. The van der Waals surface area contributed by atoms with E-state index in [1.807, 2.05) is 6.07 Å². The SMILES string of the molecule is Cn1c(-c2ccc3c(c2)OCCO3)ccc(C(=O)O)c1=O. The molecule has 0 saturated heterocycles. The van der Waals surface area contributed by atoms with Crippen molar-refractivity contribution in [2.75, 3.05) is 13.2 Å². The summed E-state index contributed by atoms with van der Waals surface area (Å²) in [5, 5.41) is 8.96. The topological polar surface area (TPSA) is 77.8 Å². The molecule has 1 aromatic carbocycles. The molecule has 6 nitrogen and oxygen atoms in total. The fourth-order valence-corrected chi connectivity index (χ4v) is 2.29. The van der Waals surface area contributed by atoms with Crippen molar-refractivity contribution < 1.29 is 19.4 Å². The molecule has 0 unspecified atom stereocenters. The molecule has 0 bridgehead atoms. The third kappa shape index (κ3) is 2.24. The van der Waals surface area contributed by atoms with Crippen LogP contribution in [-0.4, -0.2) is 28.9 Å². The van der Waals surface area contributed by atoms with Crippen LogP contribution >= 0.6 is 0 Å². The molecule has 1 aliphatic rings. The number of hydrogen-bond acceptors (Lipinski definition) is 4. The molecule has 2 aromatic rings. The molecule has 0 saturated carbocycles. The number of hydrogen-bond donors (Lipinski definition) is 1. The van der Waals surface area contributed by atoms with Gasteiger partial charge in [0.25, 0.3) is 5.56 Å². The van der Waals surface area contributed by atoms with E-state index in [2.05, 4.69) is 0 Å². The first-order valence-corrected chi connectivity index (χ1v) is 6.41. The molecule has 21 heavy (non-hydrogen) atoms. The number of ether oxygens (including phenoxy) is 2. The van der Waals surface area contributed by atoms with Crippen LogP contribution in [0.15, 0.2) is 35.1 Å². The maximum atomic E-state index is 12.0. The minimum atomic E-state index is -1.23. The lowest BCUT2D eigenvalue weighted by Crippen LogP contribution is -2.25. The second-order valence-corrected chi connectivity index (χ2v) is 4.66. The van der Waals surface area contributed by atoms with Gasteiger partial charge in [-0.25, -0.2) is 4.79 Å². The second-order valence-electron chi connectivity index (χ2n) is 4.66. The Morgan fingerprint density at radius 3 is 2.57 bits per heavy atom. The Kier molecular flexibility index (Phi) is 3.13. The molecule has 0 fully saturated rings. The van der Waals surface area contributed by atoms with Crippen molar-refractivity contribution in [3.05, 3.63) is 46.2 Å². The lowest BCUT2D eigenvalue weighted by molar-refractivity contribution is 0.0694. The predicted molar refractivity (Wildman–Crippen MR) is 75.1 cm³/mol. The lowest BCUT2D eigenvalue weighted by atomic mass is 10.1. The number of pyridine rings is 1. The Balaban J connectivity index is 2.11. The van der Waals surface area contributed by atoms with Crippen molar-refractivity contribution in [2.24, 2.45) is 7.05 Å². The van der Waals surface area contributed by atoms with Gasteiger partial charge in [-0.05, 0) is 30.3 Å². The van der Waals surface area contributed by atoms with Crippen LogP contribution in [0.25, 0.3) is 11.3 Å². The number of benzene rings is 1. The monoisotopic (exact) mass is 287 g/mol. The van der Waals surface area contributed by atoms with Crippen LogP contribution in [0.3, 0.4) is 0 Å². The highest BCUT2D eigenvalue weighted by Crippen LogP contribution is 2.34. The van der Waals surface area contributed by atoms with E-state index in [4.69, 9.17) is 14.6 Å². The van der Waals surface area contributed by atoms with Crippen molar-refractivity contribution >= 4 is 5.97 Å². The van der Waals surface area contributed by atoms with E-state index < -0.39 is 11.5 Å². The summed E-state index contributed by atoms with van der Waals surface area (Å²) in [7, 11) is 1.54. The molecule has 108 valence electrons. The van der Waals surface area contributed by atoms with Gasteiger partial charge in [0.2, 0.25) is 0 Å². The predicted octanol–water partition coefficient (Wildman–Crippen LogP) is 1.52. The van der Waals surface area contributed by atoms with Crippen LogP contribution in [-0.2, 0) is 7.05 Å². The molecule has 6 heteroatoms. The molecule has 0 radical (unpaired) electrons. The highest BCUT2D eigenvalue weighted by Gasteiger charge is 2.16. The summed E-state index contributed by atoms with van der Waals surface area (Å²) in [6, 6.07) is 8.29. The number of fused-ring (bicyclic) bond motifs is 1. The third-order valence-electron chi connectivity index (χ3n) is 3.37. The van der Waals surface area contributed by atoms with Gasteiger partial charge in [-0.1, -0.05) is 0 Å². The third-order valence-corrected chi connectivity index (χ3v) is 3.37. The molecule has 0 aliphatic carbocycles. The van der Waals surface area contributed by atoms with Crippen LogP contribution in [0.2, 0.25) is 0 Å². The van der Waals surface area contributed by atoms with Crippen LogP contribution in [0.1, 0.15) is 10.4 Å². The quantitative estimate of drug-likeness (QED) is 0.906. The number of nitrogens with zero attached hydrogens (tertiary/aromatic N) is 1. The van der Waals surface area contributed by atoms with Gasteiger partial charge >= 0.3 is 5.97 Å². The molecular formula is C15H13NO5. The van der Waals surface area contributed by atoms with Gasteiger partial charge in [-0.2, -0.15) is 0 Å². The summed E-state index contributed by atoms with van der Waals surface area (Å²) in [6.45, 7) is 0.992. The zero-order chi connectivity index (χ0) is 15.0. The Bertz CT molecular complexity index is 778. The largest absolute Gasteiger partial charge is 0.486 e. The summed E-state index contributed by atoms with van der Waals surface area (Å²) >= 11 is 0. The Morgan fingerprint density at radius 1 is 1.14 bits per heavy atom. The zero-order valence-corrected chi connectivity index (χ0v) is 11.3. The van der Waals surface area contributed by atoms with Crippen molar-refractivity contribution in [3.63, 3.8) is 0 Å². The van der Waals surface area contributed by atoms with Gasteiger partial charge < -0.3 is 19.1 Å². The zero-order valence-electron chi connectivity index (χ0n) is 11.3. The number of aromatic nitrogens is 1. The normalized spacial score (nSPS) is 13.0. The minimum absolute atomic E-state index is 0.251. The average Bonchev–Trinajstić information content (AvgIpc) is 2.49. The van der Waals surface area contributed by atoms with Crippen molar-refractivity contribution in [1.29, 1.82) is 0 Å². The second kappa shape index (κ2) is 4.97. The van der Waals surface area contributed by atoms with Gasteiger partial charge in [0.15, 0.2) is 11.5 Å². The Morgan fingerprint density at radius 2 is 1.86 bits per heavy atom. The first kappa shape index (κ1) is 13.2. The van der Waals surface area contributed by atoms with Gasteiger partial charge in [0.1, 0.15) is 18.8 Å². The minimum Gasteiger partial charge on any atom is -0.486 e. The van der Waals surface area contributed by atoms with Crippen LogP contribution in [0, 0.1) is 0 Å². The summed E-state index contributed by atoms with van der Waals surface area (Å²) < 4.78 is 12.3. The molecular weight excluding hydrogens is 274 g/mol. The molecule has 2 heterocycles. The van der Waals surface area contributed by atoms with E-state index in [-0.39, 0.29) is 5.56 Å². The number of carboxylic acids is 1. The first-order valence-electron chi connectivity index (χ1n) is 6.41. The molecule has 3 rings (SSSR count). The maximum Gasteiger partial charge on any atom is 0.341 e. The molecule has 0 atom stereocenters. The summed E-state index contributed by atoms with van der Waals surface area (Å²) in [5.41, 5.74) is 0.575. The van der Waals surface area contributed by atoms with Crippen molar-refractivity contribution in [1.82, 2.24) is 4.57 Å². The van der Waals surface area contributed by atoms with E-state index in [9.17, 15) is 9.59 Å². The smallest absolute Gasteiger partial charge is 0.341 e. The molecule has 0 spiro atoms. The summed E-state index contributed by atoms with van der Waals surface area (Å²) in [4.78, 5) is 23.0. The van der Waals surface area contributed by atoms with Gasteiger partial charge in [-0.3, -0.25) is 4.79 Å². The van der Waals surface area contributed by atoms with E-state index >= 15 is 0 Å². The standard InChI is InChI=1S/C15H13NO5/c1-16-11(4-3-10(14(16)17)15(18)19)9-2-5-12-13(8-9)21-7-6-20-12/h2-5,8H,6-7H2,1H3,(H,18,19). The molecule has 1 N–H and O–H groups in total. The average molecular weight is 287 g/mol. The maximum absolute atomic E-state index is 12.0. The van der Waals surface area contributed by atoms with E-state index in [0.29, 0.717) is 30.4 Å². The fourth-order valence-electron chi connectivity index (χ4n) is 2.29. The molecule has 1 aliphatic heterocycles. The van der Waals surface area contributed by atoms with Gasteiger partial charge in [0.05, 0.1) is 5.69 Å².